The molecule has 1 fully saturated rings. The Kier molecular flexibility index (Phi) is 14.3. The van der Waals surface area contributed by atoms with Crippen LogP contribution in [0.15, 0.2) is 109 Å². The molecule has 49 heavy (non-hydrogen) atoms. The van der Waals surface area contributed by atoms with Crippen LogP contribution in [0.25, 0.3) is 0 Å². The van der Waals surface area contributed by atoms with Crippen molar-refractivity contribution in [2.45, 2.75) is 44.4 Å². The number of halogens is 1. The van der Waals surface area contributed by atoms with Crippen LogP contribution in [0, 0.1) is 6.92 Å². The number of carbonyl (C=O) groups is 3. The molecule has 0 spiro atoms. The molecule has 4 N–H and O–H groups in total. The molecule has 0 saturated carbocycles. The fourth-order valence-electron chi connectivity index (χ4n) is 5.89. The molecule has 4 aromatic carbocycles. The molecule has 1 heterocycles. The zero-order chi connectivity index (χ0) is 35.2. The van der Waals surface area contributed by atoms with E-state index in [2.05, 4.69) is 93.5 Å². The van der Waals surface area contributed by atoms with Gasteiger partial charge in [0.05, 0.1) is 25.6 Å². The molecule has 9 nitrogen and oxygen atoms in total. The number of aryl methyl sites for hydroxylation is 1. The summed E-state index contributed by atoms with van der Waals surface area (Å²) < 4.78 is 4.64. The first-order valence-electron chi connectivity index (χ1n) is 16.3. The van der Waals surface area contributed by atoms with Gasteiger partial charge in [-0.25, -0.2) is 4.79 Å². The zero-order valence-corrected chi connectivity index (χ0v) is 28.8. The van der Waals surface area contributed by atoms with Gasteiger partial charge in [-0.2, -0.15) is 0 Å². The Morgan fingerprint density at radius 3 is 2.02 bits per heavy atom. The molecular formula is C39H45ClN4O5. The predicted molar refractivity (Wildman–Crippen MR) is 192 cm³/mol. The van der Waals surface area contributed by atoms with Crippen molar-refractivity contribution in [3.05, 3.63) is 142 Å². The predicted octanol–water partition coefficient (Wildman–Crippen LogP) is 5.24. The fourth-order valence-corrected chi connectivity index (χ4v) is 6.01. The van der Waals surface area contributed by atoms with Crippen LogP contribution in [0.3, 0.4) is 0 Å². The standard InChI is InChI=1S/C25H27ClN2.C14H18N2O5/c1-20-6-5-7-21(18-20)19-27-14-16-28(17-15-27)25(22-8-3-2-4-9-22)23-10-12-24(26)13-11-23;1-21-14(20)11(7-9-5-3-2-4-6-9)16-13(19)10(15)8-12(17)18/h2-13,18,25H,14-17,19H2,1H3;2-6,10-11H,7-8,15H2,1H3,(H,16,19)(H,17,18)/t;10-,11-/m.0/s1. The smallest absolute Gasteiger partial charge is 0.328 e. The lowest BCUT2D eigenvalue weighted by Crippen LogP contribution is -2.50. The van der Waals surface area contributed by atoms with Gasteiger partial charge in [-0.1, -0.05) is 114 Å². The van der Waals surface area contributed by atoms with Crippen molar-refractivity contribution in [2.24, 2.45) is 5.73 Å². The van der Waals surface area contributed by atoms with Crippen LogP contribution in [0.1, 0.15) is 40.3 Å². The summed E-state index contributed by atoms with van der Waals surface area (Å²) >= 11 is 6.14. The molecule has 1 saturated heterocycles. The first-order valence-corrected chi connectivity index (χ1v) is 16.7. The third-order valence-corrected chi connectivity index (χ3v) is 8.63. The Balaban J connectivity index is 0.000000232. The molecule has 258 valence electrons. The number of hydrogen-bond acceptors (Lipinski definition) is 7. The summed E-state index contributed by atoms with van der Waals surface area (Å²) in [4.78, 5) is 39.2. The zero-order valence-electron chi connectivity index (χ0n) is 28.0. The second-order valence-electron chi connectivity index (χ2n) is 12.1. The average Bonchev–Trinajstić information content (AvgIpc) is 3.10. The number of nitrogens with zero attached hydrogens (tertiary/aromatic N) is 2. The first kappa shape index (κ1) is 37.3. The quantitative estimate of drug-likeness (QED) is 0.173. The number of benzene rings is 4. The number of amides is 1. The number of aliphatic carboxylic acids is 1. The molecule has 10 heteroatoms. The number of carboxylic acid groups (broad SMARTS) is 1. The third-order valence-electron chi connectivity index (χ3n) is 8.38. The van der Waals surface area contributed by atoms with Crippen molar-refractivity contribution in [2.75, 3.05) is 33.3 Å². The van der Waals surface area contributed by atoms with Crippen molar-refractivity contribution in [3.8, 4) is 0 Å². The molecule has 0 bridgehead atoms. The van der Waals surface area contributed by atoms with Crippen molar-refractivity contribution < 1.29 is 24.2 Å². The van der Waals surface area contributed by atoms with Gasteiger partial charge in [0, 0.05) is 44.2 Å². The maximum Gasteiger partial charge on any atom is 0.328 e. The second kappa shape index (κ2) is 18.9. The first-order chi connectivity index (χ1) is 23.6. The highest BCUT2D eigenvalue weighted by atomic mass is 35.5. The van der Waals surface area contributed by atoms with Crippen molar-refractivity contribution in [1.82, 2.24) is 15.1 Å². The summed E-state index contributed by atoms with van der Waals surface area (Å²) in [5.74, 6) is -2.51. The van der Waals surface area contributed by atoms with E-state index in [0.717, 1.165) is 43.3 Å². The second-order valence-corrected chi connectivity index (χ2v) is 12.6. The number of nitrogens with one attached hydrogen (secondary N) is 1. The van der Waals surface area contributed by atoms with Gasteiger partial charge >= 0.3 is 11.9 Å². The molecule has 4 aromatic rings. The number of rotatable bonds is 12. The summed E-state index contributed by atoms with van der Waals surface area (Å²) in [5.41, 5.74) is 11.7. The summed E-state index contributed by atoms with van der Waals surface area (Å²) in [6.07, 6.45) is -0.274. The number of methoxy groups -OCH3 is 1. The van der Waals surface area contributed by atoms with E-state index in [-0.39, 0.29) is 12.5 Å². The van der Waals surface area contributed by atoms with Gasteiger partial charge in [0.1, 0.15) is 6.04 Å². The lowest BCUT2D eigenvalue weighted by molar-refractivity contribution is -0.145. The van der Waals surface area contributed by atoms with Gasteiger partial charge in [0.25, 0.3) is 0 Å². The van der Waals surface area contributed by atoms with Crippen molar-refractivity contribution >= 4 is 29.4 Å². The number of carbonyl (C=O) groups excluding carboxylic acids is 2. The van der Waals surface area contributed by atoms with Crippen LogP contribution in [0.4, 0.5) is 0 Å². The number of piperazine rings is 1. The normalized spacial score (nSPS) is 15.2. The SMILES string of the molecule is COC(=O)[C@H](Cc1ccccc1)NC(=O)[C@@H](N)CC(=O)O.Cc1cccc(CN2CCN(C(c3ccccc3)c3ccc(Cl)cc3)CC2)c1. The van der Waals surface area contributed by atoms with E-state index >= 15 is 0 Å². The van der Waals surface area contributed by atoms with E-state index in [1.54, 1.807) is 12.1 Å². The minimum atomic E-state index is -1.22. The van der Waals surface area contributed by atoms with Crippen LogP contribution in [-0.2, 0) is 32.1 Å². The highest BCUT2D eigenvalue weighted by Gasteiger charge is 2.27. The molecule has 1 aliphatic rings. The van der Waals surface area contributed by atoms with Gasteiger partial charge in [-0.15, -0.1) is 0 Å². The van der Waals surface area contributed by atoms with Gasteiger partial charge in [0.15, 0.2) is 0 Å². The van der Waals surface area contributed by atoms with E-state index in [1.807, 2.05) is 30.3 Å². The Labute approximate surface area is 293 Å². The molecule has 5 rings (SSSR count). The number of carboxylic acids is 1. The van der Waals surface area contributed by atoms with Crippen LogP contribution in [0.5, 0.6) is 0 Å². The van der Waals surface area contributed by atoms with Crippen LogP contribution in [0.2, 0.25) is 5.02 Å². The summed E-state index contributed by atoms with van der Waals surface area (Å²) in [7, 11) is 1.21. The lowest BCUT2D eigenvalue weighted by Gasteiger charge is -2.40. The third kappa shape index (κ3) is 11.8. The van der Waals surface area contributed by atoms with Crippen LogP contribution >= 0.6 is 11.6 Å². The maximum atomic E-state index is 11.8. The van der Waals surface area contributed by atoms with E-state index in [4.69, 9.17) is 22.4 Å². The highest BCUT2D eigenvalue weighted by molar-refractivity contribution is 6.30. The largest absolute Gasteiger partial charge is 0.481 e. The molecule has 1 aliphatic heterocycles. The molecule has 3 atom stereocenters. The van der Waals surface area contributed by atoms with Gasteiger partial charge in [0.2, 0.25) is 5.91 Å². The van der Waals surface area contributed by atoms with Crippen LogP contribution < -0.4 is 11.1 Å². The lowest BCUT2D eigenvalue weighted by atomic mass is 9.96. The highest BCUT2D eigenvalue weighted by Crippen LogP contribution is 2.30. The van der Waals surface area contributed by atoms with Crippen molar-refractivity contribution in [3.63, 3.8) is 0 Å². The number of nitrogens with two attached hydrogens (primary N) is 1. The maximum absolute atomic E-state index is 11.8. The minimum absolute atomic E-state index is 0.235. The molecule has 1 unspecified atom stereocenters. The average molecular weight is 685 g/mol. The van der Waals surface area contributed by atoms with Crippen molar-refractivity contribution in [1.29, 1.82) is 0 Å². The Hall–Kier alpha value is -4.54. The van der Waals surface area contributed by atoms with E-state index in [9.17, 15) is 14.4 Å². The minimum Gasteiger partial charge on any atom is -0.481 e. The number of hydrogen-bond donors (Lipinski definition) is 3. The monoisotopic (exact) mass is 684 g/mol. The Morgan fingerprint density at radius 1 is 0.837 bits per heavy atom. The summed E-state index contributed by atoms with van der Waals surface area (Å²) in [5, 5.41) is 11.8. The van der Waals surface area contributed by atoms with Gasteiger partial charge in [-0.05, 0) is 41.3 Å². The number of ether oxygens (including phenoxy) is 1. The van der Waals surface area contributed by atoms with E-state index in [1.165, 1.54) is 29.4 Å². The molecule has 0 aromatic heterocycles. The Bertz CT molecular complexity index is 1630. The van der Waals surface area contributed by atoms with E-state index in [0.29, 0.717) is 0 Å². The molecular weight excluding hydrogens is 640 g/mol. The summed E-state index contributed by atoms with van der Waals surface area (Å²) in [6, 6.07) is 35.2. The summed E-state index contributed by atoms with van der Waals surface area (Å²) in [6.45, 7) is 7.50. The molecule has 0 radical (unpaired) electrons. The topological polar surface area (TPSA) is 125 Å². The van der Waals surface area contributed by atoms with E-state index < -0.39 is 36.4 Å². The van der Waals surface area contributed by atoms with Crippen LogP contribution in [-0.4, -0.2) is 78.1 Å². The fraction of sp³-hybridized carbons (Fsp3) is 0.308. The van der Waals surface area contributed by atoms with Gasteiger partial charge < -0.3 is 20.9 Å². The molecule has 0 aliphatic carbocycles. The molecule has 1 amide bonds. The number of esters is 1. The Morgan fingerprint density at radius 2 is 1.43 bits per heavy atom. The van der Waals surface area contributed by atoms with Gasteiger partial charge in [-0.3, -0.25) is 19.4 Å².